The Bertz CT molecular complexity index is 750. The number of phenolic OH excluding ortho intramolecular Hbond substituents is 1. The molecule has 0 aromatic heterocycles. The number of hydrogen-bond donors (Lipinski definition) is 1. The van der Waals surface area contributed by atoms with Gasteiger partial charge < -0.3 is 14.6 Å². The Morgan fingerprint density at radius 2 is 1.57 bits per heavy atom. The Kier molecular flexibility index (Phi) is 5.09. The molecule has 2 aromatic carbocycles. The lowest BCUT2D eigenvalue weighted by molar-refractivity contribution is 0.0555. The van der Waals surface area contributed by atoms with Gasteiger partial charge in [0.2, 0.25) is 0 Å². The van der Waals surface area contributed by atoms with E-state index in [1.165, 1.54) is 38.5 Å². The third-order valence-corrected chi connectivity index (χ3v) is 3.07. The molecule has 118 valence electrons. The Hall–Kier alpha value is -3.15. The predicted molar refractivity (Wildman–Crippen MR) is 84.5 cm³/mol. The molecule has 0 amide bonds. The first-order valence-corrected chi connectivity index (χ1v) is 6.69. The van der Waals surface area contributed by atoms with E-state index in [4.69, 9.17) is 0 Å². The average molecular weight is 313 g/mol. The summed E-state index contributed by atoms with van der Waals surface area (Å²) >= 11 is 0. The number of carbonyl (C=O) groups is 2. The summed E-state index contributed by atoms with van der Waals surface area (Å²) in [5.41, 5.74) is 1.49. The smallest absolute Gasteiger partial charge is 0.338 e. The van der Waals surface area contributed by atoms with Crippen LogP contribution in [0, 0.1) is 0 Å². The maximum Gasteiger partial charge on any atom is 0.338 e. The fourth-order valence-corrected chi connectivity index (χ4v) is 1.90. The van der Waals surface area contributed by atoms with Crippen LogP contribution in [0.4, 0.5) is 5.69 Å². The second-order valence-electron chi connectivity index (χ2n) is 4.56. The van der Waals surface area contributed by atoms with E-state index in [1.807, 2.05) is 0 Å². The van der Waals surface area contributed by atoms with Crippen LogP contribution in [-0.2, 0) is 9.47 Å². The number of hydrogen-bond acceptors (Lipinski definition) is 6. The Labute approximate surface area is 133 Å². The number of esters is 2. The summed E-state index contributed by atoms with van der Waals surface area (Å²) in [6.07, 6.45) is 1.54. The fourth-order valence-electron chi connectivity index (χ4n) is 1.90. The van der Waals surface area contributed by atoms with E-state index in [0.29, 0.717) is 11.3 Å². The largest absolute Gasteiger partial charge is 0.508 e. The molecule has 1 N–H and O–H groups in total. The molecule has 0 unspecified atom stereocenters. The fraction of sp³-hybridized carbons (Fsp3) is 0.118. The van der Waals surface area contributed by atoms with Gasteiger partial charge in [-0.3, -0.25) is 4.99 Å². The van der Waals surface area contributed by atoms with E-state index in [2.05, 4.69) is 14.5 Å². The van der Waals surface area contributed by atoms with Gasteiger partial charge in [-0.25, -0.2) is 9.59 Å². The van der Waals surface area contributed by atoms with Crippen molar-refractivity contribution in [3.63, 3.8) is 0 Å². The van der Waals surface area contributed by atoms with Crippen LogP contribution in [0.2, 0.25) is 0 Å². The van der Waals surface area contributed by atoms with Crippen LogP contribution < -0.4 is 0 Å². The standard InChI is InChI=1S/C17H15NO5/c1-22-16(20)14-8-3-11(9-15(14)17(21)23-2)10-18-12-4-6-13(19)7-5-12/h3-10,19H,1-2H3. The van der Waals surface area contributed by atoms with E-state index in [9.17, 15) is 14.7 Å². The van der Waals surface area contributed by atoms with E-state index in [1.54, 1.807) is 24.4 Å². The summed E-state index contributed by atoms with van der Waals surface area (Å²) in [6, 6.07) is 11.0. The average Bonchev–Trinajstić information content (AvgIpc) is 2.59. The van der Waals surface area contributed by atoms with E-state index in [-0.39, 0.29) is 16.9 Å². The zero-order chi connectivity index (χ0) is 16.8. The topological polar surface area (TPSA) is 85.2 Å². The van der Waals surface area contributed by atoms with Crippen LogP contribution in [0.1, 0.15) is 26.3 Å². The Balaban J connectivity index is 2.34. The Morgan fingerprint density at radius 3 is 2.17 bits per heavy atom. The normalized spacial score (nSPS) is 10.5. The number of ether oxygens (including phenoxy) is 2. The van der Waals surface area contributed by atoms with Gasteiger partial charge in [-0.1, -0.05) is 6.07 Å². The zero-order valence-electron chi connectivity index (χ0n) is 12.6. The van der Waals surface area contributed by atoms with Gasteiger partial charge in [-0.2, -0.15) is 0 Å². The van der Waals surface area contributed by atoms with Crippen molar-refractivity contribution in [1.29, 1.82) is 0 Å². The molecule has 6 nitrogen and oxygen atoms in total. The van der Waals surface area contributed by atoms with Gasteiger partial charge in [0.1, 0.15) is 5.75 Å². The van der Waals surface area contributed by atoms with Gasteiger partial charge in [0.15, 0.2) is 0 Å². The molecular weight excluding hydrogens is 298 g/mol. The molecule has 0 saturated carbocycles. The first-order chi connectivity index (χ1) is 11.0. The number of rotatable bonds is 4. The van der Waals surface area contributed by atoms with Crippen molar-refractivity contribution >= 4 is 23.8 Å². The highest BCUT2D eigenvalue weighted by molar-refractivity contribution is 6.04. The second kappa shape index (κ2) is 7.22. The first-order valence-electron chi connectivity index (χ1n) is 6.69. The maximum atomic E-state index is 11.8. The van der Waals surface area contributed by atoms with Crippen LogP contribution in [0.5, 0.6) is 5.75 Å². The quantitative estimate of drug-likeness (QED) is 0.693. The van der Waals surface area contributed by atoms with Gasteiger partial charge in [0.05, 0.1) is 31.0 Å². The minimum Gasteiger partial charge on any atom is -0.508 e. The molecule has 0 fully saturated rings. The lowest BCUT2D eigenvalue weighted by Crippen LogP contribution is -2.12. The van der Waals surface area contributed by atoms with Crippen LogP contribution >= 0.6 is 0 Å². The molecule has 0 heterocycles. The van der Waals surface area contributed by atoms with Crippen LogP contribution in [-0.4, -0.2) is 37.5 Å². The van der Waals surface area contributed by atoms with Gasteiger partial charge in [0.25, 0.3) is 0 Å². The summed E-state index contributed by atoms with van der Waals surface area (Å²) in [4.78, 5) is 27.7. The molecule has 6 heteroatoms. The molecular formula is C17H15NO5. The molecule has 23 heavy (non-hydrogen) atoms. The van der Waals surface area contributed by atoms with Gasteiger partial charge in [0, 0.05) is 6.21 Å². The van der Waals surface area contributed by atoms with E-state index in [0.717, 1.165) is 0 Å². The van der Waals surface area contributed by atoms with Crippen molar-refractivity contribution < 1.29 is 24.2 Å². The highest BCUT2D eigenvalue weighted by atomic mass is 16.5. The summed E-state index contributed by atoms with van der Waals surface area (Å²) in [5.74, 6) is -1.10. The number of aliphatic imine (C=N–C) groups is 1. The Morgan fingerprint density at radius 1 is 0.957 bits per heavy atom. The highest BCUT2D eigenvalue weighted by Crippen LogP contribution is 2.18. The highest BCUT2D eigenvalue weighted by Gasteiger charge is 2.18. The van der Waals surface area contributed by atoms with Gasteiger partial charge >= 0.3 is 11.9 Å². The summed E-state index contributed by atoms with van der Waals surface area (Å²) in [6.45, 7) is 0. The second-order valence-corrected chi connectivity index (χ2v) is 4.56. The molecule has 0 radical (unpaired) electrons. The molecule has 2 rings (SSSR count). The monoisotopic (exact) mass is 313 g/mol. The van der Waals surface area contributed by atoms with Crippen molar-refractivity contribution in [3.8, 4) is 5.75 Å². The molecule has 0 saturated heterocycles. The van der Waals surface area contributed by atoms with Gasteiger partial charge in [-0.05, 0) is 42.0 Å². The van der Waals surface area contributed by atoms with Crippen molar-refractivity contribution in [3.05, 3.63) is 59.2 Å². The van der Waals surface area contributed by atoms with Crippen molar-refractivity contribution in [2.45, 2.75) is 0 Å². The SMILES string of the molecule is COC(=O)c1ccc(C=Nc2ccc(O)cc2)cc1C(=O)OC. The van der Waals surface area contributed by atoms with E-state index >= 15 is 0 Å². The minimum absolute atomic E-state index is 0.106. The number of benzene rings is 2. The molecule has 0 spiro atoms. The predicted octanol–water partition coefficient (Wildman–Crippen LogP) is 2.72. The van der Waals surface area contributed by atoms with Crippen molar-refractivity contribution in [2.24, 2.45) is 4.99 Å². The molecule has 0 aliphatic rings. The minimum atomic E-state index is -0.634. The lowest BCUT2D eigenvalue weighted by atomic mass is 10.0. The molecule has 0 aliphatic heterocycles. The third kappa shape index (κ3) is 3.94. The number of carbonyl (C=O) groups excluding carboxylic acids is 2. The number of nitrogens with zero attached hydrogens (tertiary/aromatic N) is 1. The summed E-state index contributed by atoms with van der Waals surface area (Å²) < 4.78 is 9.33. The summed E-state index contributed by atoms with van der Waals surface area (Å²) in [5, 5.41) is 9.23. The zero-order valence-corrected chi connectivity index (χ0v) is 12.6. The third-order valence-electron chi connectivity index (χ3n) is 3.07. The molecule has 0 bridgehead atoms. The number of methoxy groups -OCH3 is 2. The number of phenols is 1. The molecule has 2 aromatic rings. The van der Waals surface area contributed by atoms with Crippen LogP contribution in [0.3, 0.4) is 0 Å². The summed E-state index contributed by atoms with van der Waals surface area (Å²) in [7, 11) is 2.48. The van der Waals surface area contributed by atoms with Gasteiger partial charge in [-0.15, -0.1) is 0 Å². The van der Waals surface area contributed by atoms with Crippen LogP contribution in [0.25, 0.3) is 0 Å². The van der Waals surface area contributed by atoms with E-state index < -0.39 is 11.9 Å². The first kappa shape index (κ1) is 16.2. The molecule has 0 atom stereocenters. The van der Waals surface area contributed by atoms with Crippen LogP contribution in [0.15, 0.2) is 47.5 Å². The molecule has 0 aliphatic carbocycles. The maximum absolute atomic E-state index is 11.8. The van der Waals surface area contributed by atoms with Crippen molar-refractivity contribution in [2.75, 3.05) is 14.2 Å². The van der Waals surface area contributed by atoms with Crippen molar-refractivity contribution in [1.82, 2.24) is 0 Å². The lowest BCUT2D eigenvalue weighted by Gasteiger charge is -2.07. The number of aromatic hydroxyl groups is 1.